The Kier molecular flexibility index (Phi) is 12.0. The second-order valence-corrected chi connectivity index (χ2v) is 11.5. The van der Waals surface area contributed by atoms with Gasteiger partial charge in [0, 0.05) is 48.9 Å². The highest BCUT2D eigenvalue weighted by atomic mass is 16.5. The number of carbonyl (C=O) groups excluding carboxylic acids is 2. The Morgan fingerprint density at radius 3 is 2.77 bits per heavy atom. The molecule has 0 unspecified atom stereocenters. The number of ketones is 2. The van der Waals surface area contributed by atoms with Crippen molar-refractivity contribution in [2.45, 2.75) is 83.6 Å². The molecule has 1 aromatic heterocycles. The monoisotopic (exact) mass is 552 g/mol. The average molecular weight is 553 g/mol. The van der Waals surface area contributed by atoms with E-state index in [1.54, 1.807) is 0 Å². The molecule has 9 nitrogen and oxygen atoms in total. The number of allylic oxidation sites excluding steroid dienone is 2. The fourth-order valence-electron chi connectivity index (χ4n) is 5.62. The van der Waals surface area contributed by atoms with Crippen LogP contribution in [0.2, 0.25) is 0 Å². The summed E-state index contributed by atoms with van der Waals surface area (Å²) in [7, 11) is 1.96. The lowest BCUT2D eigenvalue weighted by Gasteiger charge is -2.35. The molecule has 1 saturated heterocycles. The van der Waals surface area contributed by atoms with Crippen LogP contribution in [0.15, 0.2) is 17.3 Å². The van der Waals surface area contributed by atoms with Crippen molar-refractivity contribution in [1.82, 2.24) is 20.6 Å². The summed E-state index contributed by atoms with van der Waals surface area (Å²) < 4.78 is 6.15. The van der Waals surface area contributed by atoms with Gasteiger partial charge in [0.15, 0.2) is 0 Å². The van der Waals surface area contributed by atoms with E-state index in [1.165, 1.54) is 0 Å². The predicted molar refractivity (Wildman–Crippen MR) is 159 cm³/mol. The summed E-state index contributed by atoms with van der Waals surface area (Å²) in [6, 6.07) is 1.87. The van der Waals surface area contributed by atoms with Crippen LogP contribution in [0.25, 0.3) is 0 Å². The van der Waals surface area contributed by atoms with Gasteiger partial charge in [-0.05, 0) is 64.5 Å². The first kappa shape index (κ1) is 31.6. The van der Waals surface area contributed by atoms with Crippen LogP contribution in [0.3, 0.4) is 0 Å². The van der Waals surface area contributed by atoms with E-state index in [1.807, 2.05) is 20.0 Å². The number of aromatic nitrogens is 2. The molecule has 4 N–H and O–H groups in total. The first-order valence-electron chi connectivity index (χ1n) is 14.9. The number of carbonyl (C=O) groups is 2. The van der Waals surface area contributed by atoms with Gasteiger partial charge in [0.2, 0.25) is 17.5 Å². The van der Waals surface area contributed by atoms with Crippen LogP contribution in [0.4, 0.5) is 5.82 Å². The summed E-state index contributed by atoms with van der Waals surface area (Å²) in [4.78, 5) is 38.1. The summed E-state index contributed by atoms with van der Waals surface area (Å²) in [6.07, 6.45) is 16.7. The number of anilines is 1. The standard InChI is InChI=1S/C29H46N6O3.C2H2/c1-4-8-22(26(30)21-10-5-6-11-23(21)36)27(37)28-33-24(35-16-15-32-29(19-35)12-13-29)17-25(34-28)38-18-20(2)9-7-14-31-3;1-2/h17,20-21,31-32H,4-16,18-19,30H2,1-3H3;1-2H/b26-22-;/t20-,21-;/m0./s1. The van der Waals surface area contributed by atoms with Crippen LogP contribution in [0.1, 0.15) is 88.7 Å². The Labute approximate surface area is 240 Å². The molecule has 3 fully saturated rings. The van der Waals surface area contributed by atoms with Gasteiger partial charge in [0.25, 0.3) is 0 Å². The van der Waals surface area contributed by atoms with Crippen molar-refractivity contribution in [1.29, 1.82) is 0 Å². The summed E-state index contributed by atoms with van der Waals surface area (Å²) in [5.41, 5.74) is 7.61. The zero-order valence-electron chi connectivity index (χ0n) is 24.6. The normalized spacial score (nSPS) is 21.2. The van der Waals surface area contributed by atoms with Crippen LogP contribution in [-0.4, -0.2) is 66.9 Å². The third-order valence-corrected chi connectivity index (χ3v) is 8.14. The largest absolute Gasteiger partial charge is 0.477 e. The molecular weight excluding hydrogens is 504 g/mol. The summed E-state index contributed by atoms with van der Waals surface area (Å²) in [6.45, 7) is 8.22. The van der Waals surface area contributed by atoms with Crippen molar-refractivity contribution in [3.8, 4) is 18.7 Å². The summed E-state index contributed by atoms with van der Waals surface area (Å²) >= 11 is 0. The van der Waals surface area contributed by atoms with Crippen LogP contribution in [-0.2, 0) is 4.79 Å². The van der Waals surface area contributed by atoms with E-state index in [0.717, 1.165) is 76.9 Å². The molecule has 3 aliphatic rings. The number of piperazine rings is 1. The second-order valence-electron chi connectivity index (χ2n) is 11.5. The van der Waals surface area contributed by atoms with E-state index in [0.29, 0.717) is 48.9 Å². The van der Waals surface area contributed by atoms with Crippen molar-refractivity contribution < 1.29 is 14.3 Å². The molecule has 1 spiro atoms. The molecule has 2 heterocycles. The molecular formula is C31H48N6O3. The molecule has 0 radical (unpaired) electrons. The summed E-state index contributed by atoms with van der Waals surface area (Å²) in [5, 5.41) is 6.82. The molecule has 220 valence electrons. The fourth-order valence-corrected chi connectivity index (χ4v) is 5.62. The number of rotatable bonds is 13. The van der Waals surface area contributed by atoms with Gasteiger partial charge in [-0.25, -0.2) is 4.98 Å². The zero-order chi connectivity index (χ0) is 29.1. The molecule has 0 aromatic carbocycles. The molecule has 2 saturated carbocycles. The number of hydrogen-bond donors (Lipinski definition) is 3. The molecule has 40 heavy (non-hydrogen) atoms. The topological polar surface area (TPSA) is 122 Å². The van der Waals surface area contributed by atoms with Crippen molar-refractivity contribution in [3.05, 3.63) is 23.2 Å². The third-order valence-electron chi connectivity index (χ3n) is 8.14. The fraction of sp³-hybridized carbons (Fsp3) is 0.677. The molecule has 1 aromatic rings. The highest BCUT2D eigenvalue weighted by molar-refractivity contribution is 6.07. The zero-order valence-corrected chi connectivity index (χ0v) is 24.6. The van der Waals surface area contributed by atoms with Crippen LogP contribution in [0, 0.1) is 24.7 Å². The van der Waals surface area contributed by atoms with Gasteiger partial charge in [0.1, 0.15) is 11.6 Å². The van der Waals surface area contributed by atoms with Gasteiger partial charge >= 0.3 is 0 Å². The highest BCUT2D eigenvalue weighted by Gasteiger charge is 2.46. The number of terminal acetylenes is 1. The SMILES string of the molecule is C#C.CCC/C(C(=O)c1nc(OC[C@@H](C)CCCNC)cc(N2CCNC3(CC3)C2)n1)=C(/N)[C@H]1CCCCC1=O. The van der Waals surface area contributed by atoms with Crippen molar-refractivity contribution in [3.63, 3.8) is 0 Å². The molecule has 0 bridgehead atoms. The Morgan fingerprint density at radius 1 is 1.32 bits per heavy atom. The van der Waals surface area contributed by atoms with Crippen molar-refractivity contribution in [2.75, 3.05) is 44.7 Å². The highest BCUT2D eigenvalue weighted by Crippen LogP contribution is 2.39. The number of Topliss-reactive ketones (excluding diaryl/α,β-unsaturated/α-hetero) is 2. The van der Waals surface area contributed by atoms with Gasteiger partial charge in [0.05, 0.1) is 12.5 Å². The van der Waals surface area contributed by atoms with Crippen molar-refractivity contribution in [2.24, 2.45) is 17.6 Å². The van der Waals surface area contributed by atoms with E-state index < -0.39 is 0 Å². The molecule has 1 aliphatic heterocycles. The first-order chi connectivity index (χ1) is 19.4. The smallest absolute Gasteiger partial charge is 0.228 e. The van der Waals surface area contributed by atoms with E-state index in [4.69, 9.17) is 15.5 Å². The maximum Gasteiger partial charge on any atom is 0.228 e. The Balaban J connectivity index is 0.00000216. The molecule has 0 amide bonds. The number of hydrogen-bond acceptors (Lipinski definition) is 9. The lowest BCUT2D eigenvalue weighted by molar-refractivity contribution is -0.123. The van der Waals surface area contributed by atoms with Gasteiger partial charge in [-0.15, -0.1) is 12.8 Å². The minimum Gasteiger partial charge on any atom is -0.477 e. The van der Waals surface area contributed by atoms with Gasteiger partial charge < -0.3 is 26.0 Å². The molecule has 4 rings (SSSR count). The quantitative estimate of drug-likeness (QED) is 0.146. The van der Waals surface area contributed by atoms with E-state index in [9.17, 15) is 9.59 Å². The minimum absolute atomic E-state index is 0.110. The van der Waals surface area contributed by atoms with E-state index in [-0.39, 0.29) is 28.8 Å². The third kappa shape index (κ3) is 8.28. The molecule has 2 aliphatic carbocycles. The van der Waals surface area contributed by atoms with Crippen LogP contribution in [0.5, 0.6) is 5.88 Å². The van der Waals surface area contributed by atoms with Gasteiger partial charge in [-0.1, -0.05) is 26.7 Å². The predicted octanol–water partition coefficient (Wildman–Crippen LogP) is 3.64. The lowest BCUT2D eigenvalue weighted by atomic mass is 9.83. The molecule has 2 atom stereocenters. The van der Waals surface area contributed by atoms with Crippen LogP contribution >= 0.6 is 0 Å². The number of ether oxygens (including phenoxy) is 1. The minimum atomic E-state index is -0.380. The van der Waals surface area contributed by atoms with Gasteiger partial charge in [-0.2, -0.15) is 4.98 Å². The number of nitrogens with one attached hydrogen (secondary N) is 2. The molecule has 9 heteroatoms. The number of nitrogens with zero attached hydrogens (tertiary/aromatic N) is 3. The van der Waals surface area contributed by atoms with Crippen LogP contribution < -0.4 is 26.0 Å². The Morgan fingerprint density at radius 2 is 2.10 bits per heavy atom. The maximum absolute atomic E-state index is 13.9. The Hall–Kier alpha value is -2.96. The average Bonchev–Trinajstić information content (AvgIpc) is 3.73. The maximum atomic E-state index is 13.9. The lowest BCUT2D eigenvalue weighted by Crippen LogP contribution is -2.52. The van der Waals surface area contributed by atoms with Crippen molar-refractivity contribution >= 4 is 17.4 Å². The first-order valence-corrected chi connectivity index (χ1v) is 14.9. The second kappa shape index (κ2) is 15.2. The summed E-state index contributed by atoms with van der Waals surface area (Å²) in [5.74, 6) is 1.08. The van der Waals surface area contributed by atoms with E-state index in [2.05, 4.69) is 40.3 Å². The number of nitrogens with two attached hydrogens (primary N) is 1. The van der Waals surface area contributed by atoms with Gasteiger partial charge in [-0.3, -0.25) is 9.59 Å². The Bertz CT molecular complexity index is 1060. The van der Waals surface area contributed by atoms with E-state index >= 15 is 0 Å².